The van der Waals surface area contributed by atoms with Crippen molar-refractivity contribution in [1.82, 2.24) is 0 Å². The van der Waals surface area contributed by atoms with Gasteiger partial charge in [-0.3, -0.25) is 4.79 Å². The molecule has 4 nitrogen and oxygen atoms in total. The van der Waals surface area contributed by atoms with Crippen LogP contribution in [0.15, 0.2) is 162 Å². The second-order valence-corrected chi connectivity index (χ2v) is 26.9. The quantitative estimate of drug-likeness (QED) is 0.0475. The summed E-state index contributed by atoms with van der Waals surface area (Å²) < 4.78 is 6.37. The third-order valence-corrected chi connectivity index (χ3v) is 19.4. The van der Waals surface area contributed by atoms with E-state index >= 15 is 0 Å². The third-order valence-electron chi connectivity index (χ3n) is 19.4. The first-order valence-electron chi connectivity index (χ1n) is 33.3. The number of hydrogen-bond donors (Lipinski definition) is 0. The van der Waals surface area contributed by atoms with E-state index in [1.165, 1.54) is 133 Å². The van der Waals surface area contributed by atoms with Crippen molar-refractivity contribution in [3.63, 3.8) is 0 Å². The van der Waals surface area contributed by atoms with Gasteiger partial charge >= 0.3 is 0 Å². The number of nitrogens with zero attached hydrogens (tertiary/aromatic N) is 2. The predicted octanol–water partition coefficient (Wildman–Crippen LogP) is 24.2. The molecule has 91 heavy (non-hydrogen) atoms. The lowest BCUT2D eigenvalue weighted by molar-refractivity contribution is -0.0731. The summed E-state index contributed by atoms with van der Waals surface area (Å²) in [5.41, 5.74) is 28.8. The summed E-state index contributed by atoms with van der Waals surface area (Å²) in [5.74, 6) is 10.0. The molecular weight excluding hydrogens is 1100 g/mol. The van der Waals surface area contributed by atoms with E-state index in [9.17, 15) is 4.79 Å². The second kappa shape index (κ2) is 35.0. The summed E-state index contributed by atoms with van der Waals surface area (Å²) in [6.07, 6.45) is 16.9. The van der Waals surface area contributed by atoms with E-state index in [1.807, 2.05) is 49.4 Å². The molecule has 2 aliphatic rings. The lowest BCUT2D eigenvalue weighted by Crippen LogP contribution is -2.34. The van der Waals surface area contributed by atoms with Gasteiger partial charge in [-0.05, 0) is 339 Å². The maximum atomic E-state index is 12.1. The van der Waals surface area contributed by atoms with Gasteiger partial charge in [-0.1, -0.05) is 149 Å². The van der Waals surface area contributed by atoms with Gasteiger partial charge in [0.15, 0.2) is 5.78 Å². The van der Waals surface area contributed by atoms with Gasteiger partial charge in [0.1, 0.15) is 0 Å². The van der Waals surface area contributed by atoms with Gasteiger partial charge in [0.25, 0.3) is 0 Å². The molecule has 6 unspecified atom stereocenters. The van der Waals surface area contributed by atoms with Crippen molar-refractivity contribution in [3.8, 4) is 11.8 Å². The molecule has 0 N–H and O–H groups in total. The molecule has 8 aromatic rings. The van der Waals surface area contributed by atoms with Crippen LogP contribution in [0.5, 0.6) is 0 Å². The van der Waals surface area contributed by atoms with Crippen LogP contribution in [0.1, 0.15) is 193 Å². The Morgan fingerprint density at radius 2 is 0.648 bits per heavy atom. The SMILES string of the molecule is CC1CCC(OC2CCC(C)C(C)C2)CC1C.Cc1ccc(C#Cc2ccc(C)c(C)c2)cc1C.Cc1ccc(C=CC(=O)c2ccc(C)c(C)c2)cc1C.Cc1ccc(C=Cc2ccc(C)c(C)c2)cc1C.Cc1ccc(N=Nc2ccc(C)c(C)c2)cc1C. The Balaban J connectivity index is 0.000000181. The molecule has 0 saturated heterocycles. The highest BCUT2D eigenvalue weighted by Gasteiger charge is 2.30. The Hall–Kier alpha value is -7.97. The smallest absolute Gasteiger partial charge is 0.185 e. The molecule has 2 fully saturated rings. The molecule has 2 aliphatic carbocycles. The Labute approximate surface area is 550 Å². The maximum absolute atomic E-state index is 12.1. The Bertz CT molecular complexity index is 3600. The average molecular weight is 1210 g/mol. The van der Waals surface area contributed by atoms with Gasteiger partial charge < -0.3 is 4.74 Å². The highest BCUT2D eigenvalue weighted by Crippen LogP contribution is 2.36. The Morgan fingerprint density at radius 1 is 0.341 bits per heavy atom. The minimum absolute atomic E-state index is 0.0475. The van der Waals surface area contributed by atoms with Gasteiger partial charge in [0, 0.05) is 16.7 Å². The van der Waals surface area contributed by atoms with Crippen LogP contribution >= 0.6 is 0 Å². The number of carbonyl (C=O) groups is 1. The fourth-order valence-electron chi connectivity index (χ4n) is 10.9. The summed E-state index contributed by atoms with van der Waals surface area (Å²) in [4.78, 5) is 12.1. The van der Waals surface area contributed by atoms with Crippen molar-refractivity contribution in [1.29, 1.82) is 0 Å². The number of azo groups is 1. The topological polar surface area (TPSA) is 51.0 Å². The molecule has 10 rings (SSSR count). The number of ketones is 1. The third kappa shape index (κ3) is 23.3. The van der Waals surface area contributed by atoms with Gasteiger partial charge in [-0.25, -0.2) is 0 Å². The van der Waals surface area contributed by atoms with Crippen LogP contribution in [-0.4, -0.2) is 18.0 Å². The summed E-state index contributed by atoms with van der Waals surface area (Å²) in [6.45, 7) is 43.3. The minimum atomic E-state index is 0.0475. The summed E-state index contributed by atoms with van der Waals surface area (Å²) >= 11 is 0. The van der Waals surface area contributed by atoms with Crippen molar-refractivity contribution >= 4 is 35.4 Å². The van der Waals surface area contributed by atoms with Crippen LogP contribution in [0.2, 0.25) is 0 Å². The van der Waals surface area contributed by atoms with Crippen LogP contribution in [0.4, 0.5) is 11.4 Å². The molecule has 476 valence electrons. The van der Waals surface area contributed by atoms with Crippen molar-refractivity contribution in [2.24, 2.45) is 33.9 Å². The maximum Gasteiger partial charge on any atom is 0.185 e. The van der Waals surface area contributed by atoms with E-state index in [1.54, 1.807) is 6.08 Å². The number of ether oxygens (including phenoxy) is 1. The zero-order valence-corrected chi connectivity index (χ0v) is 59.1. The number of aryl methyl sites for hydroxylation is 16. The molecule has 0 aliphatic heterocycles. The van der Waals surface area contributed by atoms with Crippen LogP contribution < -0.4 is 0 Å². The number of rotatable bonds is 9. The normalized spacial score (nSPS) is 17.7. The van der Waals surface area contributed by atoms with Gasteiger partial charge in [-0.15, -0.1) is 0 Å². The molecule has 6 atom stereocenters. The zero-order chi connectivity index (χ0) is 66.5. The Kier molecular flexibility index (Phi) is 27.7. The average Bonchev–Trinajstić information content (AvgIpc) is 2.79. The van der Waals surface area contributed by atoms with Crippen LogP contribution in [0, 0.1) is 146 Å². The number of benzene rings is 8. The number of hydrogen-bond acceptors (Lipinski definition) is 4. The van der Waals surface area contributed by atoms with Crippen molar-refractivity contribution in [2.45, 2.75) is 189 Å². The molecule has 0 amide bonds. The molecular formula is C87H106N2O2. The number of carbonyl (C=O) groups excluding carboxylic acids is 1. The second-order valence-electron chi connectivity index (χ2n) is 26.9. The van der Waals surface area contributed by atoms with Crippen molar-refractivity contribution < 1.29 is 9.53 Å². The molecule has 0 spiro atoms. The molecule has 4 heteroatoms. The zero-order valence-electron chi connectivity index (χ0n) is 59.1. The van der Waals surface area contributed by atoms with E-state index in [0.717, 1.165) is 62.9 Å². The fourth-order valence-corrected chi connectivity index (χ4v) is 10.9. The van der Waals surface area contributed by atoms with Gasteiger partial charge in [-0.2, -0.15) is 10.2 Å². The first-order valence-corrected chi connectivity index (χ1v) is 33.3. The first-order chi connectivity index (χ1) is 43.2. The Morgan fingerprint density at radius 3 is 0.978 bits per heavy atom. The van der Waals surface area contributed by atoms with Crippen molar-refractivity contribution in [2.75, 3.05) is 0 Å². The summed E-state index contributed by atoms with van der Waals surface area (Å²) in [5, 5.41) is 8.55. The molecule has 0 radical (unpaired) electrons. The largest absolute Gasteiger partial charge is 0.375 e. The fraction of sp³-hybridized carbons (Fsp3) is 0.368. The standard InChI is InChI=1S/C19H20O.C18H20.C18H18.C16H18N2.C16H30O/c1-13-5-7-17(11-15(13)3)8-10-19(20)18-9-6-14(2)16(4)12-18;2*1-13-5-7-17(11-15(13)3)9-10-18-8-6-14(2)16(4)12-18;1-11-5-7-15(9-13(11)3)17-18-16-8-6-12(2)14(4)10-16;1-11-5-7-15(9-13(11)3)17-16-8-6-12(2)14(4)10-16/h5-12H,1-4H3;5-12H,1-4H3;5-8,11-12H,1-4H3;5-10H,1-4H3;11-16H,5-10H2,1-4H3. The minimum Gasteiger partial charge on any atom is -0.375 e. The lowest BCUT2D eigenvalue weighted by atomic mass is 9.78. The highest BCUT2D eigenvalue weighted by molar-refractivity contribution is 6.07. The number of allylic oxidation sites excluding steroid dienone is 1. The summed E-state index contributed by atoms with van der Waals surface area (Å²) in [7, 11) is 0. The molecule has 0 heterocycles. The molecule has 0 bridgehead atoms. The highest BCUT2D eigenvalue weighted by atomic mass is 16.5. The van der Waals surface area contributed by atoms with Crippen LogP contribution in [-0.2, 0) is 4.74 Å². The summed E-state index contributed by atoms with van der Waals surface area (Å²) in [6, 6.07) is 50.1. The lowest BCUT2D eigenvalue weighted by Gasteiger charge is -2.38. The predicted molar refractivity (Wildman–Crippen MR) is 393 cm³/mol. The van der Waals surface area contributed by atoms with E-state index < -0.39 is 0 Å². The van der Waals surface area contributed by atoms with Crippen LogP contribution in [0.25, 0.3) is 18.2 Å². The first kappa shape index (κ1) is 72.1. The van der Waals surface area contributed by atoms with E-state index in [0.29, 0.717) is 12.2 Å². The van der Waals surface area contributed by atoms with E-state index in [4.69, 9.17) is 4.74 Å². The molecule has 0 aromatic heterocycles. The van der Waals surface area contributed by atoms with E-state index in [2.05, 4.69) is 275 Å². The van der Waals surface area contributed by atoms with Gasteiger partial charge in [0.05, 0.1) is 23.6 Å². The molecule has 8 aromatic carbocycles. The van der Waals surface area contributed by atoms with E-state index in [-0.39, 0.29) is 5.78 Å². The van der Waals surface area contributed by atoms with Gasteiger partial charge in [0.2, 0.25) is 0 Å². The monoisotopic (exact) mass is 1210 g/mol. The van der Waals surface area contributed by atoms with Crippen molar-refractivity contribution in [3.05, 3.63) is 274 Å². The van der Waals surface area contributed by atoms with Crippen LogP contribution in [0.3, 0.4) is 0 Å². The molecule has 2 saturated carbocycles.